The fourth-order valence-electron chi connectivity index (χ4n) is 2.14. The average Bonchev–Trinajstić information content (AvgIpc) is 2.54. The van der Waals surface area contributed by atoms with Crippen molar-refractivity contribution in [2.24, 2.45) is 10.3 Å². The maximum Gasteiger partial charge on any atom is 0.436 e. The summed E-state index contributed by atoms with van der Waals surface area (Å²) in [5, 5.41) is 0.555. The van der Waals surface area contributed by atoms with Crippen molar-refractivity contribution in [3.8, 4) is 0 Å². The van der Waals surface area contributed by atoms with Crippen molar-refractivity contribution in [2.75, 3.05) is 6.54 Å². The number of fused-ring (bicyclic) bond motifs is 2. The van der Waals surface area contributed by atoms with Gasteiger partial charge in [0.2, 0.25) is 5.91 Å². The van der Waals surface area contributed by atoms with Gasteiger partial charge in [0, 0.05) is 6.54 Å². The Morgan fingerprint density at radius 3 is 2.67 bits per heavy atom. The fourth-order valence-corrected chi connectivity index (χ4v) is 2.56. The van der Waals surface area contributed by atoms with Crippen LogP contribution >= 0.6 is 0 Å². The first-order valence-corrected chi connectivity index (χ1v) is 6.40. The third-order valence-electron chi connectivity index (χ3n) is 2.92. The van der Waals surface area contributed by atoms with E-state index in [2.05, 4.69) is 4.28 Å². The molecule has 2 heterocycles. The first kappa shape index (κ1) is 12.7. The average molecular weight is 278 g/mol. The lowest BCUT2D eigenvalue weighted by atomic mass is 10.0. The number of hydrogen-bond donors (Lipinski definition) is 1. The smallest absolute Gasteiger partial charge is 0.368 e. The minimum absolute atomic E-state index is 0.126. The number of nitroso groups, excluding NO2 is 1. The molecule has 2 aliphatic rings. The molecule has 2 bridgehead atoms. The van der Waals surface area contributed by atoms with Gasteiger partial charge >= 0.3 is 16.3 Å². The second-order valence-corrected chi connectivity index (χ2v) is 5.14. The SMILES string of the molecule is NC(=O)C1CC[C@H]2CN1C(=O)N2OS(=O)(=O)N=O. The predicted octanol–water partition coefficient (Wildman–Crippen LogP) is -1.32. The molecule has 3 amide bonds. The molecule has 11 heteroatoms. The number of amides is 3. The Bertz CT molecular complexity index is 504. The molecule has 0 aromatic heterocycles. The summed E-state index contributed by atoms with van der Waals surface area (Å²) in [5.41, 5.74) is 5.13. The third kappa shape index (κ3) is 2.01. The Labute approximate surface area is 102 Å². The molecular weight excluding hydrogens is 268 g/mol. The van der Waals surface area contributed by atoms with Crippen molar-refractivity contribution in [3.63, 3.8) is 0 Å². The van der Waals surface area contributed by atoms with Crippen LogP contribution in [0, 0.1) is 4.91 Å². The third-order valence-corrected chi connectivity index (χ3v) is 3.45. The highest BCUT2D eigenvalue weighted by Crippen LogP contribution is 2.30. The van der Waals surface area contributed by atoms with Crippen molar-refractivity contribution < 1.29 is 22.3 Å². The van der Waals surface area contributed by atoms with E-state index in [1.165, 1.54) is 0 Å². The molecule has 2 fully saturated rings. The first-order chi connectivity index (χ1) is 8.35. The van der Waals surface area contributed by atoms with Gasteiger partial charge in [0.25, 0.3) is 0 Å². The van der Waals surface area contributed by atoms with Gasteiger partial charge in [-0.15, -0.1) is 9.19 Å². The lowest BCUT2D eigenvalue weighted by Gasteiger charge is -2.27. The van der Waals surface area contributed by atoms with Crippen LogP contribution in [0.2, 0.25) is 0 Å². The molecule has 2 rings (SSSR count). The summed E-state index contributed by atoms with van der Waals surface area (Å²) in [4.78, 5) is 34.0. The molecular formula is C7H10N4O6S. The topological polar surface area (TPSA) is 139 Å². The van der Waals surface area contributed by atoms with E-state index in [0.29, 0.717) is 17.9 Å². The second kappa shape index (κ2) is 4.17. The number of rotatable bonds is 4. The molecule has 0 spiro atoms. The Morgan fingerprint density at radius 2 is 2.11 bits per heavy atom. The second-order valence-electron chi connectivity index (χ2n) is 3.99. The van der Waals surface area contributed by atoms with E-state index >= 15 is 0 Å². The molecule has 0 radical (unpaired) electrons. The minimum atomic E-state index is -4.68. The van der Waals surface area contributed by atoms with Gasteiger partial charge in [-0.25, -0.2) is 4.79 Å². The Balaban J connectivity index is 2.20. The molecule has 18 heavy (non-hydrogen) atoms. The molecule has 1 unspecified atom stereocenters. The summed E-state index contributed by atoms with van der Waals surface area (Å²) < 4.78 is 27.9. The van der Waals surface area contributed by atoms with Crippen LogP contribution in [-0.2, 0) is 19.4 Å². The van der Waals surface area contributed by atoms with E-state index in [1.807, 2.05) is 0 Å². The van der Waals surface area contributed by atoms with Crippen LogP contribution in [0.1, 0.15) is 12.8 Å². The predicted molar refractivity (Wildman–Crippen MR) is 55.7 cm³/mol. The number of piperidine rings is 1. The molecule has 0 aliphatic carbocycles. The zero-order valence-corrected chi connectivity index (χ0v) is 9.87. The summed E-state index contributed by atoms with van der Waals surface area (Å²) in [6.45, 7) is 0.126. The van der Waals surface area contributed by atoms with Gasteiger partial charge in [-0.3, -0.25) is 4.79 Å². The van der Waals surface area contributed by atoms with Crippen molar-refractivity contribution in [2.45, 2.75) is 24.9 Å². The summed E-state index contributed by atoms with van der Waals surface area (Å²) in [6.07, 6.45) is 0.671. The van der Waals surface area contributed by atoms with Gasteiger partial charge in [0.15, 0.2) is 0 Å². The van der Waals surface area contributed by atoms with E-state index in [1.54, 1.807) is 4.58 Å². The van der Waals surface area contributed by atoms with Gasteiger partial charge < -0.3 is 10.6 Å². The zero-order valence-electron chi connectivity index (χ0n) is 9.05. The number of carbonyl (C=O) groups is 2. The van der Waals surface area contributed by atoms with Crippen molar-refractivity contribution in [3.05, 3.63) is 4.91 Å². The van der Waals surface area contributed by atoms with Crippen LogP contribution in [-0.4, -0.2) is 48.9 Å². The van der Waals surface area contributed by atoms with Gasteiger partial charge in [-0.1, -0.05) is 0 Å². The normalized spacial score (nSPS) is 27.4. The maximum absolute atomic E-state index is 11.8. The quantitative estimate of drug-likeness (QED) is 0.633. The molecule has 0 aromatic carbocycles. The van der Waals surface area contributed by atoms with Gasteiger partial charge in [-0.05, 0) is 12.8 Å². The number of hydrogen-bond acceptors (Lipinski definition) is 6. The van der Waals surface area contributed by atoms with Crippen LogP contribution in [0.4, 0.5) is 4.79 Å². The maximum atomic E-state index is 11.8. The summed E-state index contributed by atoms with van der Waals surface area (Å²) >= 11 is 0. The van der Waals surface area contributed by atoms with Crippen LogP contribution in [0.3, 0.4) is 0 Å². The molecule has 0 aromatic rings. The van der Waals surface area contributed by atoms with Crippen molar-refractivity contribution >= 4 is 22.2 Å². The number of urea groups is 1. The molecule has 2 saturated heterocycles. The highest BCUT2D eigenvalue weighted by Gasteiger charge is 2.49. The van der Waals surface area contributed by atoms with E-state index < -0.39 is 34.3 Å². The van der Waals surface area contributed by atoms with Gasteiger partial charge in [0.1, 0.15) is 6.04 Å². The highest BCUT2D eigenvalue weighted by molar-refractivity contribution is 7.85. The molecule has 100 valence electrons. The molecule has 2 N–H and O–H groups in total. The summed E-state index contributed by atoms with van der Waals surface area (Å²) in [5.74, 6) is -0.667. The van der Waals surface area contributed by atoms with Crippen molar-refractivity contribution in [1.82, 2.24) is 9.96 Å². The summed E-state index contributed by atoms with van der Waals surface area (Å²) in [6, 6.07) is -2.13. The number of nitrogens with zero attached hydrogens (tertiary/aromatic N) is 3. The number of hydroxylamine groups is 2. The van der Waals surface area contributed by atoms with E-state index in [4.69, 9.17) is 5.73 Å². The minimum Gasteiger partial charge on any atom is -0.368 e. The van der Waals surface area contributed by atoms with Gasteiger partial charge in [0.05, 0.1) is 10.6 Å². The van der Waals surface area contributed by atoms with Crippen LogP contribution in [0.25, 0.3) is 0 Å². The van der Waals surface area contributed by atoms with E-state index in [-0.39, 0.29) is 6.54 Å². The van der Waals surface area contributed by atoms with Crippen LogP contribution < -0.4 is 5.73 Å². The first-order valence-electron chi connectivity index (χ1n) is 5.04. The van der Waals surface area contributed by atoms with Gasteiger partial charge in [-0.2, -0.15) is 13.5 Å². The van der Waals surface area contributed by atoms with Crippen molar-refractivity contribution in [1.29, 1.82) is 0 Å². The molecule has 0 saturated carbocycles. The Hall–Kier alpha value is -1.75. The lowest BCUT2D eigenvalue weighted by molar-refractivity contribution is -0.122. The molecule has 10 nitrogen and oxygen atoms in total. The monoisotopic (exact) mass is 278 g/mol. The fraction of sp³-hybridized carbons (Fsp3) is 0.714. The molecule has 2 atom stereocenters. The standard InChI is InChI=1S/C7H10N4O6S/c8-6(12)5-2-1-4-3-10(5)7(13)11(4)17-18(15,16)9-14/h4-5H,1-3H2,(H2,8,12)/t4-,5?/m0/s1. The van der Waals surface area contributed by atoms with Crippen LogP contribution in [0.5, 0.6) is 0 Å². The van der Waals surface area contributed by atoms with Crippen LogP contribution in [0.15, 0.2) is 4.58 Å². The number of nitrogens with two attached hydrogens (primary N) is 1. The number of primary amides is 1. The highest BCUT2D eigenvalue weighted by atomic mass is 32.2. The van der Waals surface area contributed by atoms with E-state index in [9.17, 15) is 22.9 Å². The Kier molecular flexibility index (Phi) is 2.94. The lowest BCUT2D eigenvalue weighted by Crippen LogP contribution is -2.47. The number of carbonyl (C=O) groups excluding carboxylic acids is 2. The Morgan fingerprint density at radius 1 is 1.44 bits per heavy atom. The molecule has 2 aliphatic heterocycles. The summed E-state index contributed by atoms with van der Waals surface area (Å²) in [7, 11) is -4.68. The van der Waals surface area contributed by atoms with E-state index in [0.717, 1.165) is 4.90 Å². The zero-order chi connectivity index (χ0) is 13.5. The largest absolute Gasteiger partial charge is 0.436 e.